The second-order valence-corrected chi connectivity index (χ2v) is 5.30. The van der Waals surface area contributed by atoms with Crippen LogP contribution in [0.1, 0.15) is 10.6 Å². The molecule has 3 aromatic rings. The molecule has 2 heterocycles. The second kappa shape index (κ2) is 4.92. The lowest BCUT2D eigenvalue weighted by atomic mass is 10.2. The van der Waals surface area contributed by atoms with Crippen molar-refractivity contribution < 1.29 is 0 Å². The molecule has 92 valence electrons. The maximum atomic E-state index is 4.57. The Kier molecular flexibility index (Phi) is 3.13. The van der Waals surface area contributed by atoms with E-state index in [1.807, 2.05) is 17.8 Å². The predicted octanol–water partition coefficient (Wildman–Crippen LogP) is 2.92. The Hall–Kier alpha value is -1.65. The van der Waals surface area contributed by atoms with Crippen LogP contribution in [0.25, 0.3) is 10.9 Å². The van der Waals surface area contributed by atoms with Crippen molar-refractivity contribution >= 4 is 22.2 Å². The van der Waals surface area contributed by atoms with Crippen molar-refractivity contribution in [2.75, 3.05) is 0 Å². The fourth-order valence-corrected chi connectivity index (χ4v) is 2.81. The van der Waals surface area contributed by atoms with Crippen molar-refractivity contribution in [3.8, 4) is 0 Å². The molecule has 0 aliphatic carbocycles. The SMILES string of the molecule is Cn1nc(CNCc2cccs2)c2ccccc21. The number of nitrogens with one attached hydrogen (secondary N) is 1. The van der Waals surface area contributed by atoms with Gasteiger partial charge in [-0.05, 0) is 17.5 Å². The van der Waals surface area contributed by atoms with E-state index in [1.54, 1.807) is 11.3 Å². The molecule has 1 aromatic carbocycles. The van der Waals surface area contributed by atoms with Crippen LogP contribution in [0.3, 0.4) is 0 Å². The van der Waals surface area contributed by atoms with Gasteiger partial charge in [0, 0.05) is 30.4 Å². The summed E-state index contributed by atoms with van der Waals surface area (Å²) < 4.78 is 1.94. The van der Waals surface area contributed by atoms with Crippen LogP contribution in [0, 0.1) is 0 Å². The molecule has 0 saturated heterocycles. The summed E-state index contributed by atoms with van der Waals surface area (Å²) in [6.45, 7) is 1.71. The van der Waals surface area contributed by atoms with E-state index in [4.69, 9.17) is 0 Å². The number of fused-ring (bicyclic) bond motifs is 1. The summed E-state index contributed by atoms with van der Waals surface area (Å²) in [6.07, 6.45) is 0. The van der Waals surface area contributed by atoms with Gasteiger partial charge in [-0.2, -0.15) is 5.10 Å². The molecule has 0 aliphatic heterocycles. The van der Waals surface area contributed by atoms with Crippen molar-refractivity contribution in [1.82, 2.24) is 15.1 Å². The third-order valence-electron chi connectivity index (χ3n) is 3.01. The molecule has 2 aromatic heterocycles. The number of para-hydroxylation sites is 1. The minimum Gasteiger partial charge on any atom is -0.306 e. The van der Waals surface area contributed by atoms with Crippen LogP contribution in [-0.2, 0) is 20.1 Å². The van der Waals surface area contributed by atoms with Gasteiger partial charge >= 0.3 is 0 Å². The van der Waals surface area contributed by atoms with Crippen LogP contribution in [0.5, 0.6) is 0 Å². The van der Waals surface area contributed by atoms with Crippen LogP contribution in [0.2, 0.25) is 0 Å². The van der Waals surface area contributed by atoms with E-state index in [1.165, 1.54) is 15.8 Å². The fourth-order valence-electron chi connectivity index (χ4n) is 2.14. The van der Waals surface area contributed by atoms with Gasteiger partial charge < -0.3 is 5.32 Å². The molecular weight excluding hydrogens is 242 g/mol. The first kappa shape index (κ1) is 11.4. The van der Waals surface area contributed by atoms with Crippen molar-refractivity contribution in [2.45, 2.75) is 13.1 Å². The predicted molar refractivity (Wildman–Crippen MR) is 75.6 cm³/mol. The zero-order valence-corrected chi connectivity index (χ0v) is 11.1. The standard InChI is InChI=1S/C14H15N3S/c1-17-14-7-3-2-6-12(14)13(16-17)10-15-9-11-5-4-8-18-11/h2-8,15H,9-10H2,1H3. The van der Waals surface area contributed by atoms with Crippen LogP contribution in [0.15, 0.2) is 41.8 Å². The Morgan fingerprint density at radius 2 is 2.06 bits per heavy atom. The molecule has 0 aliphatic rings. The van der Waals surface area contributed by atoms with E-state index < -0.39 is 0 Å². The average Bonchev–Trinajstić information content (AvgIpc) is 3.00. The molecule has 0 atom stereocenters. The summed E-state index contributed by atoms with van der Waals surface area (Å²) in [6, 6.07) is 12.6. The maximum absolute atomic E-state index is 4.57. The zero-order chi connectivity index (χ0) is 12.4. The van der Waals surface area contributed by atoms with E-state index in [0.29, 0.717) is 0 Å². The third kappa shape index (κ3) is 2.17. The highest BCUT2D eigenvalue weighted by Gasteiger charge is 2.06. The van der Waals surface area contributed by atoms with Gasteiger partial charge in [-0.15, -0.1) is 11.3 Å². The largest absolute Gasteiger partial charge is 0.306 e. The molecule has 0 amide bonds. The number of hydrogen-bond acceptors (Lipinski definition) is 3. The van der Waals surface area contributed by atoms with E-state index in [-0.39, 0.29) is 0 Å². The fraction of sp³-hybridized carbons (Fsp3) is 0.214. The number of hydrogen-bond donors (Lipinski definition) is 1. The Morgan fingerprint density at radius 1 is 1.17 bits per heavy atom. The summed E-state index contributed by atoms with van der Waals surface area (Å²) in [5.41, 5.74) is 2.30. The van der Waals surface area contributed by atoms with Crippen LogP contribution < -0.4 is 5.32 Å². The summed E-state index contributed by atoms with van der Waals surface area (Å²) in [5.74, 6) is 0. The van der Waals surface area contributed by atoms with Crippen molar-refractivity contribution in [2.24, 2.45) is 7.05 Å². The second-order valence-electron chi connectivity index (χ2n) is 4.27. The number of nitrogens with zero attached hydrogens (tertiary/aromatic N) is 2. The summed E-state index contributed by atoms with van der Waals surface area (Å²) in [5, 5.41) is 11.3. The minimum atomic E-state index is 0.805. The van der Waals surface area contributed by atoms with Crippen molar-refractivity contribution in [3.63, 3.8) is 0 Å². The molecule has 3 rings (SSSR count). The molecule has 0 bridgehead atoms. The topological polar surface area (TPSA) is 29.9 Å². The lowest BCUT2D eigenvalue weighted by molar-refractivity contribution is 0.667. The number of rotatable bonds is 4. The van der Waals surface area contributed by atoms with Crippen LogP contribution >= 0.6 is 11.3 Å². The first-order chi connectivity index (χ1) is 8.84. The number of aryl methyl sites for hydroxylation is 1. The molecule has 4 heteroatoms. The highest BCUT2D eigenvalue weighted by Crippen LogP contribution is 2.17. The summed E-state index contributed by atoms with van der Waals surface area (Å²) in [7, 11) is 1.99. The molecule has 0 saturated carbocycles. The molecule has 0 unspecified atom stereocenters. The number of aromatic nitrogens is 2. The van der Waals surface area contributed by atoms with Gasteiger partial charge in [-0.3, -0.25) is 4.68 Å². The molecule has 18 heavy (non-hydrogen) atoms. The normalized spacial score (nSPS) is 11.2. The first-order valence-electron chi connectivity index (χ1n) is 5.98. The molecule has 0 radical (unpaired) electrons. The van der Waals surface area contributed by atoms with Crippen LogP contribution in [0.4, 0.5) is 0 Å². The van der Waals surface area contributed by atoms with E-state index in [2.05, 4.69) is 46.1 Å². The first-order valence-corrected chi connectivity index (χ1v) is 6.86. The Balaban J connectivity index is 1.75. The molecular formula is C14H15N3S. The Morgan fingerprint density at radius 3 is 2.89 bits per heavy atom. The third-order valence-corrected chi connectivity index (χ3v) is 3.88. The van der Waals surface area contributed by atoms with Gasteiger partial charge in [-0.1, -0.05) is 24.3 Å². The minimum absolute atomic E-state index is 0.805. The highest BCUT2D eigenvalue weighted by molar-refractivity contribution is 7.09. The van der Waals surface area contributed by atoms with Gasteiger partial charge in [0.05, 0.1) is 11.2 Å². The molecule has 1 N–H and O–H groups in total. The van der Waals surface area contributed by atoms with Gasteiger partial charge in [0.25, 0.3) is 0 Å². The molecule has 0 spiro atoms. The zero-order valence-electron chi connectivity index (χ0n) is 10.3. The van der Waals surface area contributed by atoms with E-state index in [0.717, 1.165) is 18.8 Å². The van der Waals surface area contributed by atoms with Crippen molar-refractivity contribution in [3.05, 3.63) is 52.3 Å². The molecule has 0 fully saturated rings. The Bertz CT molecular complexity index is 640. The Labute approximate surface area is 110 Å². The lowest BCUT2D eigenvalue weighted by Crippen LogP contribution is -2.12. The monoisotopic (exact) mass is 257 g/mol. The van der Waals surface area contributed by atoms with Gasteiger partial charge in [0.15, 0.2) is 0 Å². The van der Waals surface area contributed by atoms with Crippen LogP contribution in [-0.4, -0.2) is 9.78 Å². The maximum Gasteiger partial charge on any atom is 0.0841 e. The number of thiophene rings is 1. The van der Waals surface area contributed by atoms with E-state index in [9.17, 15) is 0 Å². The summed E-state index contributed by atoms with van der Waals surface area (Å²) >= 11 is 1.78. The van der Waals surface area contributed by atoms with Gasteiger partial charge in [0.1, 0.15) is 0 Å². The average molecular weight is 257 g/mol. The quantitative estimate of drug-likeness (QED) is 0.779. The summed E-state index contributed by atoms with van der Waals surface area (Å²) in [4.78, 5) is 1.36. The number of benzene rings is 1. The highest BCUT2D eigenvalue weighted by atomic mass is 32.1. The smallest absolute Gasteiger partial charge is 0.0841 e. The van der Waals surface area contributed by atoms with Gasteiger partial charge in [0.2, 0.25) is 0 Å². The molecule has 3 nitrogen and oxygen atoms in total. The van der Waals surface area contributed by atoms with Gasteiger partial charge in [-0.25, -0.2) is 0 Å². The lowest BCUT2D eigenvalue weighted by Gasteiger charge is -2.00. The van der Waals surface area contributed by atoms with Crippen molar-refractivity contribution in [1.29, 1.82) is 0 Å². The van der Waals surface area contributed by atoms with E-state index >= 15 is 0 Å².